The molecule has 0 aliphatic carbocycles. The molecule has 0 bridgehead atoms. The van der Waals surface area contributed by atoms with Crippen molar-refractivity contribution in [2.24, 2.45) is 16.7 Å². The molecule has 2 amide bonds. The Morgan fingerprint density at radius 1 is 0.912 bits per heavy atom. The summed E-state index contributed by atoms with van der Waals surface area (Å²) in [4.78, 5) is 25.7. The first-order chi connectivity index (χ1) is 15.9. The van der Waals surface area contributed by atoms with Crippen molar-refractivity contribution < 1.29 is 33.6 Å². The smallest absolute Gasteiger partial charge is 0.228 e. The maximum Gasteiger partial charge on any atom is 0.228 e. The number of carbonyl (C=O) groups is 2. The lowest BCUT2D eigenvalue weighted by Crippen LogP contribution is -2.38. The third-order valence-electron chi connectivity index (χ3n) is 5.70. The molecule has 1 fully saturated rings. The Labute approximate surface area is 205 Å². The van der Waals surface area contributed by atoms with E-state index in [9.17, 15) is 14.7 Å². The molecule has 1 saturated heterocycles. The maximum atomic E-state index is 12.5. The Balaban J connectivity index is 1.88. The molecule has 0 aromatic carbocycles. The number of nitrogens with zero attached hydrogens (tertiary/aromatic N) is 1. The van der Waals surface area contributed by atoms with E-state index >= 15 is 0 Å². The third-order valence-corrected chi connectivity index (χ3v) is 5.70. The highest BCUT2D eigenvalue weighted by Gasteiger charge is 2.44. The van der Waals surface area contributed by atoms with Crippen LogP contribution < -0.4 is 5.32 Å². The number of hydrogen-bond donors (Lipinski definition) is 2. The molecule has 9 heteroatoms. The fraction of sp³-hybridized carbons (Fsp3) is 0.920. The molecule has 0 spiro atoms. The molecular formula is C25H48N2O7. The van der Waals surface area contributed by atoms with E-state index in [1.165, 1.54) is 4.90 Å². The quantitative estimate of drug-likeness (QED) is 0.302. The van der Waals surface area contributed by atoms with Gasteiger partial charge in [-0.1, -0.05) is 41.5 Å². The number of nitrogens with one attached hydrogen (secondary N) is 1. The van der Waals surface area contributed by atoms with Crippen LogP contribution >= 0.6 is 0 Å². The second-order valence-electron chi connectivity index (χ2n) is 11.0. The van der Waals surface area contributed by atoms with Crippen molar-refractivity contribution >= 4 is 11.8 Å². The van der Waals surface area contributed by atoms with E-state index in [0.29, 0.717) is 78.8 Å². The Morgan fingerprint density at radius 2 is 1.41 bits per heavy atom. The van der Waals surface area contributed by atoms with Gasteiger partial charge in [0, 0.05) is 31.8 Å². The number of carbonyl (C=O) groups excluding carboxylic acids is 2. The SMILES string of the molecule is CC(C)(C)CCNC(=O)CCOCCOCCOCCOCCN1C(=O)C(C(C)(C)C)CC1O. The molecule has 2 unspecified atom stereocenters. The fourth-order valence-electron chi connectivity index (χ4n) is 3.52. The minimum Gasteiger partial charge on any atom is -0.379 e. The van der Waals surface area contributed by atoms with Gasteiger partial charge in [0.15, 0.2) is 0 Å². The van der Waals surface area contributed by atoms with Gasteiger partial charge in [0.1, 0.15) is 6.23 Å². The van der Waals surface area contributed by atoms with Gasteiger partial charge in [-0.25, -0.2) is 0 Å². The summed E-state index contributed by atoms with van der Waals surface area (Å²) < 4.78 is 21.8. The van der Waals surface area contributed by atoms with Gasteiger partial charge in [0.25, 0.3) is 0 Å². The van der Waals surface area contributed by atoms with Crippen LogP contribution in [0.5, 0.6) is 0 Å². The largest absolute Gasteiger partial charge is 0.379 e. The van der Waals surface area contributed by atoms with Crippen LogP contribution in [0, 0.1) is 16.7 Å². The van der Waals surface area contributed by atoms with Crippen molar-refractivity contribution in [3.8, 4) is 0 Å². The average molecular weight is 489 g/mol. The molecule has 0 radical (unpaired) electrons. The third kappa shape index (κ3) is 13.6. The van der Waals surface area contributed by atoms with Gasteiger partial charge in [-0.3, -0.25) is 9.59 Å². The van der Waals surface area contributed by atoms with Gasteiger partial charge >= 0.3 is 0 Å². The minimum absolute atomic E-state index is 0.000317. The minimum atomic E-state index is -0.728. The second kappa shape index (κ2) is 15.7. The second-order valence-corrected chi connectivity index (χ2v) is 11.0. The Morgan fingerprint density at radius 3 is 1.88 bits per heavy atom. The number of hydrogen-bond acceptors (Lipinski definition) is 7. The van der Waals surface area contributed by atoms with Gasteiger partial charge < -0.3 is 34.3 Å². The summed E-state index contributed by atoms with van der Waals surface area (Å²) in [6.45, 7) is 17.0. The van der Waals surface area contributed by atoms with Gasteiger partial charge in [-0.15, -0.1) is 0 Å². The zero-order chi connectivity index (χ0) is 25.6. The lowest BCUT2D eigenvalue weighted by atomic mass is 9.80. The fourth-order valence-corrected chi connectivity index (χ4v) is 3.52. The van der Waals surface area contributed by atoms with Crippen LogP contribution in [0.3, 0.4) is 0 Å². The number of aliphatic hydroxyl groups is 1. The summed E-state index contributed by atoms with van der Waals surface area (Å²) in [5, 5.41) is 13.1. The maximum absolute atomic E-state index is 12.5. The Kier molecular flexibility index (Phi) is 14.2. The number of likely N-dealkylation sites (tertiary alicyclic amines) is 1. The van der Waals surface area contributed by atoms with E-state index in [-0.39, 0.29) is 28.6 Å². The van der Waals surface area contributed by atoms with Crippen LogP contribution in [0.15, 0.2) is 0 Å². The van der Waals surface area contributed by atoms with Crippen LogP contribution in [0.25, 0.3) is 0 Å². The van der Waals surface area contributed by atoms with Crippen molar-refractivity contribution in [3.63, 3.8) is 0 Å². The van der Waals surface area contributed by atoms with Crippen LogP contribution in [0.2, 0.25) is 0 Å². The molecule has 34 heavy (non-hydrogen) atoms. The molecule has 2 N–H and O–H groups in total. The number of amides is 2. The van der Waals surface area contributed by atoms with Gasteiger partial charge in [-0.05, 0) is 17.3 Å². The van der Waals surface area contributed by atoms with Crippen LogP contribution in [-0.4, -0.2) is 94.0 Å². The van der Waals surface area contributed by atoms with Crippen molar-refractivity contribution in [1.29, 1.82) is 0 Å². The summed E-state index contributed by atoms with van der Waals surface area (Å²) in [6.07, 6.45) is 1.05. The van der Waals surface area contributed by atoms with Crippen molar-refractivity contribution in [2.45, 2.75) is 67.0 Å². The van der Waals surface area contributed by atoms with Crippen molar-refractivity contribution in [2.75, 3.05) is 65.9 Å². The topological polar surface area (TPSA) is 107 Å². The normalized spacial score (nSPS) is 19.1. The highest BCUT2D eigenvalue weighted by molar-refractivity contribution is 5.82. The lowest BCUT2D eigenvalue weighted by Gasteiger charge is -2.25. The van der Waals surface area contributed by atoms with Crippen LogP contribution in [0.4, 0.5) is 0 Å². The molecule has 0 saturated carbocycles. The Bertz CT molecular complexity index is 587. The Hall–Kier alpha value is -1.26. The zero-order valence-corrected chi connectivity index (χ0v) is 22.2. The van der Waals surface area contributed by atoms with E-state index in [2.05, 4.69) is 26.1 Å². The first kappa shape index (κ1) is 30.8. The highest BCUT2D eigenvalue weighted by Crippen LogP contribution is 2.36. The van der Waals surface area contributed by atoms with Crippen LogP contribution in [-0.2, 0) is 28.5 Å². The lowest BCUT2D eigenvalue weighted by molar-refractivity contribution is -0.138. The van der Waals surface area contributed by atoms with E-state index in [0.717, 1.165) is 6.42 Å². The molecule has 1 heterocycles. The summed E-state index contributed by atoms with van der Waals surface area (Å²) in [5.41, 5.74) is 0.0612. The van der Waals surface area contributed by atoms with Crippen molar-refractivity contribution in [1.82, 2.24) is 10.2 Å². The molecule has 200 valence electrons. The number of aliphatic hydroxyl groups excluding tert-OH is 1. The van der Waals surface area contributed by atoms with Crippen LogP contribution in [0.1, 0.15) is 60.8 Å². The monoisotopic (exact) mass is 488 g/mol. The first-order valence-electron chi connectivity index (χ1n) is 12.5. The number of ether oxygens (including phenoxy) is 4. The van der Waals surface area contributed by atoms with Crippen molar-refractivity contribution in [3.05, 3.63) is 0 Å². The highest BCUT2D eigenvalue weighted by atomic mass is 16.6. The summed E-state index contributed by atoms with van der Waals surface area (Å²) >= 11 is 0. The predicted molar refractivity (Wildman–Crippen MR) is 130 cm³/mol. The zero-order valence-electron chi connectivity index (χ0n) is 22.2. The van der Waals surface area contributed by atoms with E-state index in [1.54, 1.807) is 0 Å². The molecule has 0 aromatic rings. The molecule has 0 aromatic heterocycles. The molecular weight excluding hydrogens is 440 g/mol. The summed E-state index contributed by atoms with van der Waals surface area (Å²) in [7, 11) is 0. The summed E-state index contributed by atoms with van der Waals surface area (Å²) in [5.74, 6) is -0.141. The predicted octanol–water partition coefficient (Wildman–Crippen LogP) is 2.21. The molecule has 1 rings (SSSR count). The molecule has 2 atom stereocenters. The van der Waals surface area contributed by atoms with E-state index < -0.39 is 6.23 Å². The molecule has 1 aliphatic heterocycles. The molecule has 9 nitrogen and oxygen atoms in total. The standard InChI is InChI=1S/C25H48N2O7/c1-24(2,3)8-9-26-21(28)7-11-31-13-15-33-17-18-34-16-14-32-12-10-27-22(29)19-20(23(27)30)25(4,5)6/h20,22,29H,7-19H2,1-6H3,(H,26,28). The molecule has 1 aliphatic rings. The number of rotatable bonds is 17. The first-order valence-corrected chi connectivity index (χ1v) is 12.5. The summed E-state index contributed by atoms with van der Waals surface area (Å²) in [6, 6.07) is 0. The van der Waals surface area contributed by atoms with E-state index in [4.69, 9.17) is 18.9 Å². The van der Waals surface area contributed by atoms with Gasteiger partial charge in [0.2, 0.25) is 11.8 Å². The van der Waals surface area contributed by atoms with Gasteiger partial charge in [0.05, 0.1) is 52.9 Å². The van der Waals surface area contributed by atoms with E-state index in [1.807, 2.05) is 20.8 Å². The van der Waals surface area contributed by atoms with Gasteiger partial charge in [-0.2, -0.15) is 0 Å². The average Bonchev–Trinajstić information content (AvgIpc) is 3.01.